The molecule has 2 rings (SSSR count). The van der Waals surface area contributed by atoms with E-state index in [1.54, 1.807) is 0 Å². The van der Waals surface area contributed by atoms with Crippen LogP contribution in [-0.4, -0.2) is 15.4 Å². The van der Waals surface area contributed by atoms with Gasteiger partial charge in [0.2, 0.25) is 0 Å². The zero-order valence-corrected chi connectivity index (χ0v) is 10.0. The number of nitrogens with zero attached hydrogens (tertiary/aromatic N) is 1. The molecular weight excluding hydrogens is 238 g/mol. The number of aromatic nitrogens is 1. The average Bonchev–Trinajstić information content (AvgIpc) is 2.77. The molecule has 17 heavy (non-hydrogen) atoms. The fourth-order valence-corrected chi connectivity index (χ4v) is 1.97. The minimum Gasteiger partial charge on any atom is -0.488 e. The van der Waals surface area contributed by atoms with Gasteiger partial charge in [-0.1, -0.05) is 18.2 Å². The molecule has 0 radical (unpaired) electrons. The molecule has 1 aromatic carbocycles. The predicted octanol–water partition coefficient (Wildman–Crippen LogP) is 2.73. The Bertz CT molecular complexity index is 536. The minimum atomic E-state index is -1.01. The number of para-hydroxylation sites is 1. The molecule has 0 fully saturated rings. The second-order valence-electron chi connectivity index (χ2n) is 3.54. The summed E-state index contributed by atoms with van der Waals surface area (Å²) in [5.74, 6) is -0.207. The Hall–Kier alpha value is -1.88. The Morgan fingerprint density at radius 2 is 2.24 bits per heavy atom. The second-order valence-corrected chi connectivity index (χ2v) is 4.43. The van der Waals surface area contributed by atoms with Gasteiger partial charge in [-0.3, -0.25) is 0 Å². The van der Waals surface area contributed by atoms with Gasteiger partial charge in [0.25, 0.3) is 0 Å². The number of hydrogen-bond acceptors (Lipinski definition) is 4. The molecule has 0 aliphatic heterocycles. The molecule has 0 saturated carbocycles. The summed E-state index contributed by atoms with van der Waals surface area (Å²) in [7, 11) is 0. The first-order valence-electron chi connectivity index (χ1n) is 5.04. The van der Waals surface area contributed by atoms with Crippen LogP contribution in [0.15, 0.2) is 30.3 Å². The lowest BCUT2D eigenvalue weighted by Crippen LogP contribution is -1.96. The summed E-state index contributed by atoms with van der Waals surface area (Å²) in [6.45, 7) is 2.31. The highest BCUT2D eigenvalue weighted by atomic mass is 32.1. The van der Waals surface area contributed by atoms with E-state index in [4.69, 9.17) is 9.84 Å². The summed E-state index contributed by atoms with van der Waals surface area (Å²) in [6.07, 6.45) is 0. The number of carboxylic acids is 1. The lowest BCUT2D eigenvalue weighted by molar-refractivity contribution is 0.0692. The van der Waals surface area contributed by atoms with Gasteiger partial charge in [0.05, 0.1) is 4.88 Å². The summed E-state index contributed by atoms with van der Waals surface area (Å²) in [5, 5.41) is 8.73. The van der Waals surface area contributed by atoms with E-state index in [0.29, 0.717) is 6.61 Å². The Kier molecular flexibility index (Phi) is 3.39. The molecule has 2 aromatic rings. The first-order valence-corrected chi connectivity index (χ1v) is 5.81. The van der Waals surface area contributed by atoms with Crippen LogP contribution in [-0.2, 0) is 6.61 Å². The number of ether oxygens (including phenoxy) is 1. The molecule has 0 atom stereocenters. The third kappa shape index (κ3) is 2.82. The van der Waals surface area contributed by atoms with Gasteiger partial charge in [-0.25, -0.2) is 4.79 Å². The first-order chi connectivity index (χ1) is 8.16. The van der Waals surface area contributed by atoms with Crippen LogP contribution >= 0.6 is 11.5 Å². The van der Waals surface area contributed by atoms with Gasteiger partial charge in [-0.05, 0) is 36.2 Å². The van der Waals surface area contributed by atoms with Gasteiger partial charge in [0.15, 0.2) is 5.69 Å². The van der Waals surface area contributed by atoms with Gasteiger partial charge in [0, 0.05) is 0 Å². The summed E-state index contributed by atoms with van der Waals surface area (Å²) in [6, 6.07) is 9.22. The molecule has 0 aliphatic rings. The Morgan fingerprint density at radius 3 is 2.88 bits per heavy atom. The van der Waals surface area contributed by atoms with Crippen LogP contribution in [0.1, 0.15) is 20.9 Å². The van der Waals surface area contributed by atoms with Crippen molar-refractivity contribution in [3.8, 4) is 5.75 Å². The van der Waals surface area contributed by atoms with Crippen molar-refractivity contribution >= 4 is 17.5 Å². The van der Waals surface area contributed by atoms with Crippen molar-refractivity contribution < 1.29 is 14.6 Å². The van der Waals surface area contributed by atoms with Crippen LogP contribution in [0.5, 0.6) is 5.75 Å². The molecule has 1 heterocycles. The van der Waals surface area contributed by atoms with Crippen LogP contribution in [0.2, 0.25) is 0 Å². The van der Waals surface area contributed by atoms with E-state index in [-0.39, 0.29) is 5.69 Å². The van der Waals surface area contributed by atoms with Gasteiger partial charge >= 0.3 is 5.97 Å². The molecule has 0 bridgehead atoms. The molecule has 0 amide bonds. The number of rotatable bonds is 4. The highest BCUT2D eigenvalue weighted by Gasteiger charge is 2.09. The lowest BCUT2D eigenvalue weighted by Gasteiger charge is -2.06. The van der Waals surface area contributed by atoms with Gasteiger partial charge in [-0.2, -0.15) is 4.37 Å². The van der Waals surface area contributed by atoms with E-state index in [0.717, 1.165) is 27.7 Å². The topological polar surface area (TPSA) is 59.4 Å². The number of benzene rings is 1. The summed E-state index contributed by atoms with van der Waals surface area (Å²) in [5.41, 5.74) is 1.12. The van der Waals surface area contributed by atoms with Crippen LogP contribution in [0.25, 0.3) is 0 Å². The van der Waals surface area contributed by atoms with E-state index in [9.17, 15) is 4.79 Å². The standard InChI is InChI=1S/C12H11NO3S/c1-8-4-2-3-5-11(8)16-7-9-6-10(12(14)15)13-17-9/h2-6H,7H2,1H3,(H,14,15). The SMILES string of the molecule is Cc1ccccc1OCc1cc(C(=O)O)ns1. The highest BCUT2D eigenvalue weighted by molar-refractivity contribution is 7.05. The van der Waals surface area contributed by atoms with E-state index in [2.05, 4.69) is 4.37 Å². The lowest BCUT2D eigenvalue weighted by atomic mass is 10.2. The van der Waals surface area contributed by atoms with Crippen molar-refractivity contribution in [1.82, 2.24) is 4.37 Å². The van der Waals surface area contributed by atoms with Gasteiger partial charge in [-0.15, -0.1) is 0 Å². The van der Waals surface area contributed by atoms with Gasteiger partial charge in [0.1, 0.15) is 12.4 Å². The monoisotopic (exact) mass is 249 g/mol. The molecule has 0 unspecified atom stereocenters. The van der Waals surface area contributed by atoms with Crippen molar-refractivity contribution in [2.24, 2.45) is 0 Å². The largest absolute Gasteiger partial charge is 0.488 e. The minimum absolute atomic E-state index is 0.0679. The van der Waals surface area contributed by atoms with Crippen LogP contribution < -0.4 is 4.74 Å². The fourth-order valence-electron chi connectivity index (χ4n) is 1.35. The third-order valence-electron chi connectivity index (χ3n) is 2.24. The smallest absolute Gasteiger partial charge is 0.355 e. The van der Waals surface area contributed by atoms with Gasteiger partial charge < -0.3 is 9.84 Å². The van der Waals surface area contributed by atoms with Crippen molar-refractivity contribution in [1.29, 1.82) is 0 Å². The summed E-state index contributed by atoms with van der Waals surface area (Å²) in [4.78, 5) is 11.4. The molecule has 1 aromatic heterocycles. The Labute approximate surface area is 103 Å². The number of carbonyl (C=O) groups is 1. The molecular formula is C12H11NO3S. The summed E-state index contributed by atoms with van der Waals surface area (Å²) < 4.78 is 9.41. The second kappa shape index (κ2) is 4.97. The van der Waals surface area contributed by atoms with Crippen molar-refractivity contribution in [3.63, 3.8) is 0 Å². The van der Waals surface area contributed by atoms with Crippen LogP contribution in [0, 0.1) is 6.92 Å². The zero-order chi connectivity index (χ0) is 12.3. The maximum Gasteiger partial charge on any atom is 0.355 e. The molecule has 0 spiro atoms. The van der Waals surface area contributed by atoms with E-state index in [1.807, 2.05) is 31.2 Å². The Balaban J connectivity index is 2.02. The van der Waals surface area contributed by atoms with Crippen LogP contribution in [0.3, 0.4) is 0 Å². The van der Waals surface area contributed by atoms with Crippen molar-refractivity contribution in [3.05, 3.63) is 46.5 Å². The maximum atomic E-state index is 10.6. The molecule has 5 heteroatoms. The molecule has 1 N–H and O–H groups in total. The maximum absolute atomic E-state index is 10.6. The molecule has 0 aliphatic carbocycles. The molecule has 88 valence electrons. The third-order valence-corrected chi connectivity index (χ3v) is 3.00. The predicted molar refractivity (Wildman–Crippen MR) is 64.6 cm³/mol. The van der Waals surface area contributed by atoms with Crippen molar-refractivity contribution in [2.75, 3.05) is 0 Å². The number of aromatic carboxylic acids is 1. The number of aryl methyl sites for hydroxylation is 1. The summed E-state index contributed by atoms with van der Waals surface area (Å²) >= 11 is 1.15. The van der Waals surface area contributed by atoms with E-state index >= 15 is 0 Å². The molecule has 4 nitrogen and oxygen atoms in total. The first kappa shape index (κ1) is 11.6. The highest BCUT2D eigenvalue weighted by Crippen LogP contribution is 2.19. The quantitative estimate of drug-likeness (QED) is 0.905. The van der Waals surface area contributed by atoms with E-state index < -0.39 is 5.97 Å². The van der Waals surface area contributed by atoms with Crippen molar-refractivity contribution in [2.45, 2.75) is 13.5 Å². The number of carboxylic acid groups (broad SMARTS) is 1. The van der Waals surface area contributed by atoms with E-state index in [1.165, 1.54) is 6.07 Å². The normalized spacial score (nSPS) is 10.2. The average molecular weight is 249 g/mol. The Morgan fingerprint density at radius 1 is 1.47 bits per heavy atom. The fraction of sp³-hybridized carbons (Fsp3) is 0.167. The molecule has 0 saturated heterocycles. The zero-order valence-electron chi connectivity index (χ0n) is 9.21. The number of hydrogen-bond donors (Lipinski definition) is 1. The van der Waals surface area contributed by atoms with Crippen LogP contribution in [0.4, 0.5) is 0 Å².